The lowest BCUT2D eigenvalue weighted by molar-refractivity contribution is -0.131. The lowest BCUT2D eigenvalue weighted by atomic mass is 10.0. The fourth-order valence-electron chi connectivity index (χ4n) is 7.95. The highest BCUT2D eigenvalue weighted by Gasteiger charge is 2.22. The van der Waals surface area contributed by atoms with Crippen LogP contribution in [0.5, 0.6) is 0 Å². The zero-order valence-electron chi connectivity index (χ0n) is 37.3. The van der Waals surface area contributed by atoms with E-state index in [0.717, 1.165) is 32.1 Å². The summed E-state index contributed by atoms with van der Waals surface area (Å²) in [6.07, 6.45) is 55.5. The van der Waals surface area contributed by atoms with Crippen molar-refractivity contribution in [2.45, 2.75) is 295 Å². The van der Waals surface area contributed by atoms with Crippen molar-refractivity contribution < 1.29 is 20.1 Å². The largest absolute Gasteiger partial charge is 0.394 e. The SMILES string of the molecule is CCCCCCCCCCCCCCCCCCCCCCC/C=C/C(O)C(CO)NC(=O)C(O)CCCCCCCCCCCCCCCCCCCC. The molecule has 0 saturated carbocycles. The van der Waals surface area contributed by atoms with E-state index in [1.54, 1.807) is 6.08 Å². The normalized spacial score (nSPS) is 13.5. The van der Waals surface area contributed by atoms with Crippen molar-refractivity contribution in [1.29, 1.82) is 0 Å². The summed E-state index contributed by atoms with van der Waals surface area (Å²) >= 11 is 0. The van der Waals surface area contributed by atoms with Gasteiger partial charge >= 0.3 is 0 Å². The van der Waals surface area contributed by atoms with E-state index >= 15 is 0 Å². The number of carbonyl (C=O) groups excluding carboxylic acids is 1. The van der Waals surface area contributed by atoms with Gasteiger partial charge in [0.2, 0.25) is 5.91 Å². The Hall–Kier alpha value is -0.910. The Kier molecular flexibility index (Phi) is 45.0. The zero-order chi connectivity index (χ0) is 40.1. The maximum absolute atomic E-state index is 12.5. The third kappa shape index (κ3) is 41.1. The van der Waals surface area contributed by atoms with Crippen molar-refractivity contribution >= 4 is 5.91 Å². The Balaban J connectivity index is 3.59. The van der Waals surface area contributed by atoms with E-state index in [2.05, 4.69) is 19.2 Å². The molecule has 3 atom stereocenters. The Morgan fingerprint density at radius 2 is 0.709 bits per heavy atom. The monoisotopic (exact) mass is 778 g/mol. The number of nitrogens with one attached hydrogen (secondary N) is 1. The van der Waals surface area contributed by atoms with Crippen LogP contribution in [0.3, 0.4) is 0 Å². The van der Waals surface area contributed by atoms with E-state index in [0.29, 0.717) is 6.42 Å². The molecule has 0 spiro atoms. The van der Waals surface area contributed by atoms with Crippen molar-refractivity contribution in [2.24, 2.45) is 0 Å². The van der Waals surface area contributed by atoms with Gasteiger partial charge in [-0.3, -0.25) is 4.79 Å². The Labute approximate surface area is 344 Å². The molecular weight excluding hydrogens is 679 g/mol. The molecule has 0 aromatic rings. The van der Waals surface area contributed by atoms with Crippen LogP contribution in [0, 0.1) is 0 Å². The molecule has 0 bridgehead atoms. The Morgan fingerprint density at radius 3 is 1.00 bits per heavy atom. The molecule has 0 rings (SSSR count). The van der Waals surface area contributed by atoms with Gasteiger partial charge in [-0.25, -0.2) is 0 Å². The predicted octanol–water partition coefficient (Wildman–Crippen LogP) is 14.8. The number of hydrogen-bond donors (Lipinski definition) is 4. The molecule has 1 amide bonds. The summed E-state index contributed by atoms with van der Waals surface area (Å²) in [6.45, 7) is 4.21. The number of aliphatic hydroxyl groups is 3. The van der Waals surface area contributed by atoms with Gasteiger partial charge < -0.3 is 20.6 Å². The van der Waals surface area contributed by atoms with Crippen LogP contribution < -0.4 is 5.32 Å². The summed E-state index contributed by atoms with van der Waals surface area (Å²) in [5.41, 5.74) is 0. The van der Waals surface area contributed by atoms with E-state index < -0.39 is 24.2 Å². The number of hydrogen-bond acceptors (Lipinski definition) is 4. The van der Waals surface area contributed by atoms with Crippen LogP contribution in [0.2, 0.25) is 0 Å². The summed E-state index contributed by atoms with van der Waals surface area (Å²) in [6, 6.07) is -0.793. The number of aliphatic hydroxyl groups excluding tert-OH is 3. The molecular formula is C50H99NO4. The van der Waals surface area contributed by atoms with Gasteiger partial charge in [-0.2, -0.15) is 0 Å². The average molecular weight is 778 g/mol. The minimum atomic E-state index is -1.09. The van der Waals surface area contributed by atoms with Gasteiger partial charge in [0.25, 0.3) is 0 Å². The molecule has 0 aromatic carbocycles. The predicted molar refractivity (Wildman–Crippen MR) is 241 cm³/mol. The molecule has 55 heavy (non-hydrogen) atoms. The number of rotatable bonds is 46. The highest BCUT2D eigenvalue weighted by molar-refractivity contribution is 5.80. The number of allylic oxidation sites excluding steroid dienone is 1. The first-order valence-electron chi connectivity index (χ1n) is 25.0. The standard InChI is InChI=1S/C50H99NO4/c1-3-5-7-9-11-13-15-17-19-21-23-24-25-26-27-29-30-32-34-36-38-40-42-44-48(53)47(46-52)51-50(55)49(54)45-43-41-39-37-35-33-31-28-22-20-18-16-14-12-10-8-6-4-2/h42,44,47-49,52-54H,3-41,43,45-46H2,1-2H3,(H,51,55)/b44-42+. The summed E-state index contributed by atoms with van der Waals surface area (Å²) in [4.78, 5) is 12.5. The summed E-state index contributed by atoms with van der Waals surface area (Å²) in [5.74, 6) is -0.497. The second-order valence-electron chi connectivity index (χ2n) is 17.4. The highest BCUT2D eigenvalue weighted by atomic mass is 16.3. The summed E-state index contributed by atoms with van der Waals surface area (Å²) in [5, 5.41) is 33.3. The third-order valence-electron chi connectivity index (χ3n) is 11.9. The lowest BCUT2D eigenvalue weighted by Crippen LogP contribution is -2.48. The lowest BCUT2D eigenvalue weighted by Gasteiger charge is -2.21. The number of amides is 1. The highest BCUT2D eigenvalue weighted by Crippen LogP contribution is 2.17. The van der Waals surface area contributed by atoms with E-state index in [1.165, 1.54) is 225 Å². The first-order valence-corrected chi connectivity index (χ1v) is 25.0. The smallest absolute Gasteiger partial charge is 0.249 e. The van der Waals surface area contributed by atoms with E-state index in [9.17, 15) is 20.1 Å². The maximum atomic E-state index is 12.5. The van der Waals surface area contributed by atoms with Crippen molar-refractivity contribution in [1.82, 2.24) is 5.32 Å². The fourth-order valence-corrected chi connectivity index (χ4v) is 7.95. The quantitative estimate of drug-likeness (QED) is 0.0366. The molecule has 0 fully saturated rings. The first-order chi connectivity index (χ1) is 27.1. The van der Waals surface area contributed by atoms with Gasteiger partial charge in [-0.15, -0.1) is 0 Å². The maximum Gasteiger partial charge on any atom is 0.249 e. The molecule has 0 radical (unpaired) electrons. The van der Waals surface area contributed by atoms with Crippen LogP contribution in [-0.4, -0.2) is 46.1 Å². The number of carbonyl (C=O) groups is 1. The third-order valence-corrected chi connectivity index (χ3v) is 11.9. The molecule has 328 valence electrons. The van der Waals surface area contributed by atoms with Gasteiger partial charge in [0.15, 0.2) is 0 Å². The molecule has 0 saturated heterocycles. The van der Waals surface area contributed by atoms with E-state index in [1.807, 2.05) is 6.08 Å². The topological polar surface area (TPSA) is 89.8 Å². The summed E-state index contributed by atoms with van der Waals surface area (Å²) in [7, 11) is 0. The number of unbranched alkanes of at least 4 members (excludes halogenated alkanes) is 38. The second-order valence-corrected chi connectivity index (χ2v) is 17.4. The van der Waals surface area contributed by atoms with Crippen LogP contribution in [0.1, 0.15) is 277 Å². The molecule has 0 aliphatic heterocycles. The van der Waals surface area contributed by atoms with Gasteiger partial charge in [0.1, 0.15) is 6.10 Å². The van der Waals surface area contributed by atoms with Crippen LogP contribution in [0.25, 0.3) is 0 Å². The van der Waals surface area contributed by atoms with Gasteiger partial charge in [-0.05, 0) is 19.3 Å². The molecule has 3 unspecified atom stereocenters. The molecule has 4 N–H and O–H groups in total. The average Bonchev–Trinajstić information content (AvgIpc) is 3.19. The Morgan fingerprint density at radius 1 is 0.436 bits per heavy atom. The summed E-state index contributed by atoms with van der Waals surface area (Å²) < 4.78 is 0. The second kappa shape index (κ2) is 45.8. The molecule has 5 heteroatoms. The minimum absolute atomic E-state index is 0.359. The van der Waals surface area contributed by atoms with Gasteiger partial charge in [0.05, 0.1) is 18.8 Å². The fraction of sp³-hybridized carbons (Fsp3) is 0.940. The van der Waals surface area contributed by atoms with Crippen molar-refractivity contribution in [3.8, 4) is 0 Å². The molecule has 0 aliphatic carbocycles. The van der Waals surface area contributed by atoms with Crippen LogP contribution in [0.4, 0.5) is 0 Å². The van der Waals surface area contributed by atoms with Gasteiger partial charge in [0, 0.05) is 0 Å². The minimum Gasteiger partial charge on any atom is -0.394 e. The van der Waals surface area contributed by atoms with Crippen molar-refractivity contribution in [2.75, 3.05) is 6.61 Å². The first kappa shape index (κ1) is 54.1. The van der Waals surface area contributed by atoms with Crippen LogP contribution >= 0.6 is 0 Å². The van der Waals surface area contributed by atoms with Crippen LogP contribution in [-0.2, 0) is 4.79 Å². The molecule has 5 nitrogen and oxygen atoms in total. The van der Waals surface area contributed by atoms with Crippen molar-refractivity contribution in [3.63, 3.8) is 0 Å². The van der Waals surface area contributed by atoms with E-state index in [4.69, 9.17) is 0 Å². The molecule has 0 aromatic heterocycles. The van der Waals surface area contributed by atoms with Crippen molar-refractivity contribution in [3.05, 3.63) is 12.2 Å². The molecule has 0 aliphatic rings. The Bertz CT molecular complexity index is 773. The molecule has 0 heterocycles. The van der Waals surface area contributed by atoms with Crippen LogP contribution in [0.15, 0.2) is 12.2 Å². The van der Waals surface area contributed by atoms with E-state index in [-0.39, 0.29) is 6.61 Å². The van der Waals surface area contributed by atoms with Gasteiger partial charge in [-0.1, -0.05) is 270 Å². The zero-order valence-corrected chi connectivity index (χ0v) is 37.3.